The molecule has 2 fully saturated rings. The Morgan fingerprint density at radius 1 is 1.08 bits per heavy atom. The van der Waals surface area contributed by atoms with Crippen molar-refractivity contribution in [3.63, 3.8) is 0 Å². The molecule has 0 nitrogen and oxygen atoms in total. The summed E-state index contributed by atoms with van der Waals surface area (Å²) in [5.74, 6) is 3.21. The number of hydrogen-bond acceptors (Lipinski definition) is 0. The maximum Gasteiger partial charge on any atom is -0.0352 e. The van der Waals surface area contributed by atoms with Gasteiger partial charge in [-0.05, 0) is 43.4 Å². The predicted molar refractivity (Wildman–Crippen MR) is 52.8 cm³/mol. The minimum absolute atomic E-state index is 1.00. The number of fused-ring (bicyclic) bond motifs is 1. The third-order valence-corrected chi connectivity index (χ3v) is 3.93. The summed E-state index contributed by atoms with van der Waals surface area (Å²) in [4.78, 5) is 0. The third kappa shape index (κ3) is 1.53. The van der Waals surface area contributed by atoms with Crippen molar-refractivity contribution < 1.29 is 0 Å². The zero-order valence-corrected chi connectivity index (χ0v) is 8.26. The first kappa shape index (κ1) is 8.59. The molecule has 2 saturated carbocycles. The standard InChI is InChI=1S/C12H21/c1-2-5-10-8-9-11-6-3-4-7-12(10)11/h5,10-12H,2-4,6-9H2,1H3. The van der Waals surface area contributed by atoms with E-state index in [0.717, 1.165) is 17.8 Å². The van der Waals surface area contributed by atoms with Crippen molar-refractivity contribution in [1.29, 1.82) is 0 Å². The van der Waals surface area contributed by atoms with Crippen LogP contribution in [0.3, 0.4) is 0 Å². The van der Waals surface area contributed by atoms with Crippen molar-refractivity contribution in [2.45, 2.75) is 51.9 Å². The van der Waals surface area contributed by atoms with Gasteiger partial charge in [0.15, 0.2) is 0 Å². The normalized spacial score (nSPS) is 41.2. The van der Waals surface area contributed by atoms with Crippen LogP contribution in [0, 0.1) is 24.2 Å². The molecule has 3 unspecified atom stereocenters. The van der Waals surface area contributed by atoms with Crippen LogP contribution in [0.1, 0.15) is 51.9 Å². The van der Waals surface area contributed by atoms with Gasteiger partial charge in [-0.15, -0.1) is 0 Å². The van der Waals surface area contributed by atoms with E-state index in [1.807, 2.05) is 0 Å². The highest BCUT2D eigenvalue weighted by molar-refractivity contribution is 4.93. The van der Waals surface area contributed by atoms with Crippen molar-refractivity contribution >= 4 is 0 Å². The van der Waals surface area contributed by atoms with E-state index in [1.54, 1.807) is 6.42 Å². The van der Waals surface area contributed by atoms with E-state index in [-0.39, 0.29) is 0 Å². The summed E-state index contributed by atoms with van der Waals surface area (Å²) in [6, 6.07) is 0. The molecule has 0 aromatic rings. The molecule has 69 valence electrons. The van der Waals surface area contributed by atoms with Crippen LogP contribution in [0.25, 0.3) is 0 Å². The fourth-order valence-corrected chi connectivity index (χ4v) is 3.37. The largest absolute Gasteiger partial charge is 0.0651 e. The molecule has 0 N–H and O–H groups in total. The lowest BCUT2D eigenvalue weighted by Gasteiger charge is -2.28. The van der Waals surface area contributed by atoms with Crippen LogP contribution < -0.4 is 0 Å². The Morgan fingerprint density at radius 2 is 1.92 bits per heavy atom. The van der Waals surface area contributed by atoms with Gasteiger partial charge in [-0.1, -0.05) is 32.6 Å². The van der Waals surface area contributed by atoms with E-state index in [2.05, 4.69) is 13.3 Å². The molecule has 0 heterocycles. The van der Waals surface area contributed by atoms with Crippen LogP contribution in [0.4, 0.5) is 0 Å². The second-order valence-electron chi connectivity index (χ2n) is 4.59. The molecule has 3 atom stereocenters. The van der Waals surface area contributed by atoms with E-state index < -0.39 is 0 Å². The monoisotopic (exact) mass is 165 g/mol. The molecule has 1 radical (unpaired) electrons. The first-order chi connectivity index (χ1) is 5.92. The zero-order valence-electron chi connectivity index (χ0n) is 8.26. The van der Waals surface area contributed by atoms with Crippen molar-refractivity contribution in [1.82, 2.24) is 0 Å². The Hall–Kier alpha value is 0. The summed E-state index contributed by atoms with van der Waals surface area (Å²) in [7, 11) is 0. The Balaban J connectivity index is 1.92. The number of rotatable bonds is 2. The maximum absolute atomic E-state index is 2.58. The van der Waals surface area contributed by atoms with Gasteiger partial charge in [-0.2, -0.15) is 0 Å². The van der Waals surface area contributed by atoms with Crippen LogP contribution >= 0.6 is 0 Å². The molecular weight excluding hydrogens is 144 g/mol. The summed E-state index contributed by atoms with van der Waals surface area (Å²) >= 11 is 0. The summed E-state index contributed by atoms with van der Waals surface area (Å²) in [5, 5.41) is 0. The molecule has 0 saturated heterocycles. The van der Waals surface area contributed by atoms with Crippen molar-refractivity contribution in [2.75, 3.05) is 0 Å². The van der Waals surface area contributed by atoms with Crippen LogP contribution in [0.5, 0.6) is 0 Å². The Kier molecular flexibility index (Phi) is 2.73. The van der Waals surface area contributed by atoms with Gasteiger partial charge in [-0.3, -0.25) is 0 Å². The highest BCUT2D eigenvalue weighted by Gasteiger charge is 2.36. The van der Waals surface area contributed by atoms with E-state index in [4.69, 9.17) is 0 Å². The van der Waals surface area contributed by atoms with E-state index >= 15 is 0 Å². The van der Waals surface area contributed by atoms with Crippen molar-refractivity contribution in [2.24, 2.45) is 17.8 Å². The third-order valence-electron chi connectivity index (χ3n) is 3.93. The highest BCUT2D eigenvalue weighted by atomic mass is 14.4. The van der Waals surface area contributed by atoms with Crippen molar-refractivity contribution in [3.05, 3.63) is 6.42 Å². The zero-order chi connectivity index (χ0) is 8.39. The average Bonchev–Trinajstić information content (AvgIpc) is 2.50. The highest BCUT2D eigenvalue weighted by Crippen LogP contribution is 2.46. The molecule has 0 bridgehead atoms. The second-order valence-corrected chi connectivity index (χ2v) is 4.59. The number of hydrogen-bond donors (Lipinski definition) is 0. The van der Waals surface area contributed by atoms with Gasteiger partial charge >= 0.3 is 0 Å². The average molecular weight is 165 g/mol. The smallest absolute Gasteiger partial charge is 0.0352 e. The summed E-state index contributed by atoms with van der Waals surface area (Å²) in [6.07, 6.45) is 13.0. The van der Waals surface area contributed by atoms with Crippen LogP contribution in [0.15, 0.2) is 0 Å². The lowest BCUT2D eigenvalue weighted by atomic mass is 9.77. The van der Waals surface area contributed by atoms with Gasteiger partial charge < -0.3 is 0 Å². The van der Waals surface area contributed by atoms with Gasteiger partial charge in [0.1, 0.15) is 0 Å². The van der Waals surface area contributed by atoms with Gasteiger partial charge in [0.25, 0.3) is 0 Å². The Morgan fingerprint density at radius 3 is 2.75 bits per heavy atom. The first-order valence-corrected chi connectivity index (χ1v) is 5.75. The maximum atomic E-state index is 2.58. The summed E-state index contributed by atoms with van der Waals surface area (Å²) < 4.78 is 0. The molecule has 2 aliphatic carbocycles. The minimum atomic E-state index is 1.00. The first-order valence-electron chi connectivity index (χ1n) is 5.75. The van der Waals surface area contributed by atoms with Gasteiger partial charge in [0.2, 0.25) is 0 Å². The fourth-order valence-electron chi connectivity index (χ4n) is 3.37. The lowest BCUT2D eigenvalue weighted by Crippen LogP contribution is -2.19. The quantitative estimate of drug-likeness (QED) is 0.583. The van der Waals surface area contributed by atoms with Crippen LogP contribution in [-0.2, 0) is 0 Å². The van der Waals surface area contributed by atoms with Gasteiger partial charge in [0.05, 0.1) is 0 Å². The minimum Gasteiger partial charge on any atom is -0.0651 e. The Bertz CT molecular complexity index is 139. The molecule has 0 heteroatoms. The fraction of sp³-hybridized carbons (Fsp3) is 0.917. The molecule has 0 aromatic heterocycles. The van der Waals surface area contributed by atoms with E-state index in [9.17, 15) is 0 Å². The second kappa shape index (κ2) is 3.81. The topological polar surface area (TPSA) is 0 Å². The molecule has 12 heavy (non-hydrogen) atoms. The van der Waals surface area contributed by atoms with E-state index in [0.29, 0.717) is 0 Å². The van der Waals surface area contributed by atoms with Gasteiger partial charge in [0, 0.05) is 0 Å². The van der Waals surface area contributed by atoms with Crippen molar-refractivity contribution in [3.8, 4) is 0 Å². The SMILES string of the molecule is CC[CH]C1CCC2CCCCC12. The summed E-state index contributed by atoms with van der Waals surface area (Å²) in [6.45, 7) is 2.29. The molecule has 2 rings (SSSR count). The Labute approximate surface area is 76.7 Å². The molecule has 0 spiro atoms. The molecule has 0 aliphatic heterocycles. The molecule has 2 aliphatic rings. The molecule has 0 aromatic carbocycles. The summed E-state index contributed by atoms with van der Waals surface area (Å²) in [5.41, 5.74) is 0. The predicted octanol–water partition coefficient (Wildman–Crippen LogP) is 3.82. The molecular formula is C12H21. The van der Waals surface area contributed by atoms with Crippen LogP contribution in [-0.4, -0.2) is 0 Å². The lowest BCUT2D eigenvalue weighted by molar-refractivity contribution is 0.241. The van der Waals surface area contributed by atoms with E-state index in [1.165, 1.54) is 38.5 Å². The van der Waals surface area contributed by atoms with Crippen LogP contribution in [0.2, 0.25) is 0 Å². The van der Waals surface area contributed by atoms with Gasteiger partial charge in [-0.25, -0.2) is 0 Å². The molecule has 0 amide bonds.